The Kier molecular flexibility index (Phi) is 7.72. The minimum atomic E-state index is -2.09. The fraction of sp³-hybridized carbons (Fsp3) is 0.148. The van der Waals surface area contributed by atoms with Crippen molar-refractivity contribution >= 4 is 29.2 Å². The van der Waals surface area contributed by atoms with Gasteiger partial charge in [-0.15, -0.1) is 0 Å². The predicted octanol–water partition coefficient (Wildman–Crippen LogP) is 4.58. The molecule has 0 spiro atoms. The highest BCUT2D eigenvalue weighted by molar-refractivity contribution is 6.36. The lowest BCUT2D eigenvalue weighted by atomic mass is 9.86. The molecule has 2 atom stereocenters. The molecular formula is C27H20Cl2F2N6O4. The largest absolute Gasteiger partial charge is 0.423 e. The van der Waals surface area contributed by atoms with Crippen LogP contribution < -0.4 is 10.4 Å². The van der Waals surface area contributed by atoms with Gasteiger partial charge in [-0.3, -0.25) is 0 Å². The topological polar surface area (TPSA) is 117 Å². The first-order chi connectivity index (χ1) is 19.6. The van der Waals surface area contributed by atoms with Crippen molar-refractivity contribution in [2.45, 2.75) is 25.1 Å². The molecule has 0 unspecified atom stereocenters. The highest BCUT2D eigenvalue weighted by Crippen LogP contribution is 2.36. The van der Waals surface area contributed by atoms with Crippen molar-refractivity contribution in [1.29, 1.82) is 0 Å². The maximum atomic E-state index is 14.9. The lowest BCUT2D eigenvalue weighted by molar-refractivity contribution is -0.0381. The lowest BCUT2D eigenvalue weighted by Crippen LogP contribution is -2.44. The van der Waals surface area contributed by atoms with Crippen LogP contribution in [0.4, 0.5) is 8.78 Å². The first-order valence-electron chi connectivity index (χ1n) is 12.0. The number of aromatic nitrogens is 6. The Hall–Kier alpha value is -4.39. The smallest absolute Gasteiger partial charge is 0.350 e. The van der Waals surface area contributed by atoms with E-state index in [4.69, 9.17) is 27.9 Å². The van der Waals surface area contributed by atoms with Crippen LogP contribution in [0.3, 0.4) is 0 Å². The summed E-state index contributed by atoms with van der Waals surface area (Å²) in [7, 11) is 0. The normalized spacial score (nSPS) is 13.5. The molecule has 0 fully saturated rings. The molecule has 0 saturated heterocycles. The average molecular weight is 601 g/mol. The summed E-state index contributed by atoms with van der Waals surface area (Å²) in [5.74, 6) is -2.34. The zero-order valence-electron chi connectivity index (χ0n) is 21.2. The number of aliphatic hydroxyl groups is 1. The summed E-state index contributed by atoms with van der Waals surface area (Å²) in [5.41, 5.74) is -2.51. The standard InChI is InChI=1S/C27H20Cl2F2N6O4/c1-16(27(40,12-35-14-32-13-33-35)22-9-3-18(30)11-24(22)31)37-26(39)36(15-34-37)19-4-6-20(7-5-19)41-25(38)21-8-2-17(28)10-23(21)29/h2-11,13-16,40H,12H2,1H3/t16-,27-/m1/s1. The third kappa shape index (κ3) is 5.62. The van der Waals surface area contributed by atoms with E-state index < -0.39 is 34.9 Å². The molecule has 0 aliphatic heterocycles. The Labute approximate surface area is 241 Å². The Balaban J connectivity index is 1.42. The summed E-state index contributed by atoms with van der Waals surface area (Å²) in [6.45, 7) is 1.16. The Morgan fingerprint density at radius 3 is 2.46 bits per heavy atom. The van der Waals surface area contributed by atoms with Crippen LogP contribution in [-0.4, -0.2) is 40.2 Å². The molecule has 2 heterocycles. The molecule has 41 heavy (non-hydrogen) atoms. The van der Waals surface area contributed by atoms with Gasteiger partial charge in [-0.25, -0.2) is 37.3 Å². The molecule has 0 bridgehead atoms. The zero-order valence-corrected chi connectivity index (χ0v) is 22.7. The SMILES string of the molecule is C[C@@H](n1ncn(-c2ccc(OC(=O)c3ccc(Cl)cc3Cl)cc2)c1=O)[C@](O)(Cn1cncn1)c1ccc(F)cc1F. The quantitative estimate of drug-likeness (QED) is 0.205. The Morgan fingerprint density at radius 2 is 1.80 bits per heavy atom. The van der Waals surface area contributed by atoms with Crippen LogP contribution in [0.25, 0.3) is 5.69 Å². The van der Waals surface area contributed by atoms with Crippen LogP contribution in [0.5, 0.6) is 5.75 Å². The van der Waals surface area contributed by atoms with Crippen LogP contribution >= 0.6 is 23.2 Å². The van der Waals surface area contributed by atoms with Crippen molar-refractivity contribution in [2.24, 2.45) is 0 Å². The molecule has 0 saturated carbocycles. The molecule has 14 heteroatoms. The van der Waals surface area contributed by atoms with Crippen LogP contribution in [0.2, 0.25) is 10.0 Å². The van der Waals surface area contributed by atoms with Gasteiger partial charge >= 0.3 is 11.7 Å². The molecular weight excluding hydrogens is 581 g/mol. The van der Waals surface area contributed by atoms with Crippen LogP contribution in [0.15, 0.2) is 84.4 Å². The number of benzene rings is 3. The molecule has 5 aromatic rings. The summed E-state index contributed by atoms with van der Waals surface area (Å²) in [6, 6.07) is 12.0. The molecule has 0 aliphatic rings. The number of esters is 1. The summed E-state index contributed by atoms with van der Waals surface area (Å²) < 4.78 is 37.3. The Bertz CT molecular complexity index is 1780. The second kappa shape index (κ2) is 11.2. The van der Waals surface area contributed by atoms with Crippen LogP contribution in [-0.2, 0) is 12.1 Å². The molecule has 210 valence electrons. The van der Waals surface area contributed by atoms with Gasteiger partial charge in [0.25, 0.3) is 0 Å². The number of carbonyl (C=O) groups is 1. The number of nitrogens with zero attached hydrogens (tertiary/aromatic N) is 6. The molecule has 2 aromatic heterocycles. The van der Waals surface area contributed by atoms with Crippen molar-refractivity contribution in [2.75, 3.05) is 0 Å². The van der Waals surface area contributed by atoms with Gasteiger partial charge in [0, 0.05) is 16.7 Å². The van der Waals surface area contributed by atoms with E-state index in [2.05, 4.69) is 15.2 Å². The third-order valence-electron chi connectivity index (χ3n) is 6.50. The van der Waals surface area contributed by atoms with E-state index in [1.165, 1.54) is 77.6 Å². The number of carbonyl (C=O) groups excluding carboxylic acids is 1. The second-order valence-electron chi connectivity index (χ2n) is 9.05. The van der Waals surface area contributed by atoms with Crippen molar-refractivity contribution < 1.29 is 23.4 Å². The number of hydrogen-bond acceptors (Lipinski definition) is 7. The van der Waals surface area contributed by atoms with E-state index in [1.807, 2.05) is 0 Å². The van der Waals surface area contributed by atoms with Crippen molar-refractivity contribution in [3.05, 3.63) is 123 Å². The summed E-state index contributed by atoms with van der Waals surface area (Å²) in [6.07, 6.45) is 3.78. The zero-order chi connectivity index (χ0) is 29.3. The lowest BCUT2D eigenvalue weighted by Gasteiger charge is -2.34. The van der Waals surface area contributed by atoms with E-state index >= 15 is 0 Å². The van der Waals surface area contributed by atoms with E-state index in [1.54, 1.807) is 0 Å². The van der Waals surface area contributed by atoms with Crippen LogP contribution in [0.1, 0.15) is 28.9 Å². The van der Waals surface area contributed by atoms with Gasteiger partial charge in [0.2, 0.25) is 0 Å². The van der Waals surface area contributed by atoms with Gasteiger partial charge in [-0.2, -0.15) is 10.2 Å². The highest BCUT2D eigenvalue weighted by Gasteiger charge is 2.42. The highest BCUT2D eigenvalue weighted by atomic mass is 35.5. The molecule has 0 aliphatic carbocycles. The Morgan fingerprint density at radius 1 is 1.05 bits per heavy atom. The summed E-state index contributed by atoms with van der Waals surface area (Å²) >= 11 is 11.9. The first-order valence-corrected chi connectivity index (χ1v) is 12.8. The number of ether oxygens (including phenoxy) is 1. The molecule has 5 rings (SSSR count). The summed E-state index contributed by atoms with van der Waals surface area (Å²) in [4.78, 5) is 29.7. The minimum absolute atomic E-state index is 0.127. The van der Waals surface area contributed by atoms with Gasteiger partial charge in [-0.1, -0.05) is 29.3 Å². The van der Waals surface area contributed by atoms with E-state index in [0.717, 1.165) is 16.8 Å². The number of hydrogen-bond donors (Lipinski definition) is 1. The molecule has 0 radical (unpaired) electrons. The van der Waals surface area contributed by atoms with E-state index in [-0.39, 0.29) is 28.4 Å². The first kappa shape index (κ1) is 28.1. The molecule has 0 amide bonds. The fourth-order valence-corrected chi connectivity index (χ4v) is 4.78. The van der Waals surface area contributed by atoms with E-state index in [0.29, 0.717) is 16.8 Å². The monoisotopic (exact) mass is 600 g/mol. The predicted molar refractivity (Wildman–Crippen MR) is 144 cm³/mol. The second-order valence-corrected chi connectivity index (χ2v) is 9.90. The number of halogens is 4. The maximum absolute atomic E-state index is 14.9. The van der Waals surface area contributed by atoms with E-state index in [9.17, 15) is 23.5 Å². The van der Waals surface area contributed by atoms with Crippen molar-refractivity contribution in [3.63, 3.8) is 0 Å². The molecule has 3 aromatic carbocycles. The molecule has 10 nitrogen and oxygen atoms in total. The van der Waals surface area contributed by atoms with Gasteiger partial charge in [-0.05, 0) is 55.5 Å². The molecule has 1 N–H and O–H groups in total. The van der Waals surface area contributed by atoms with Crippen molar-refractivity contribution in [1.82, 2.24) is 29.1 Å². The summed E-state index contributed by atoms with van der Waals surface area (Å²) in [5, 5.41) is 20.4. The maximum Gasteiger partial charge on any atom is 0.350 e. The van der Waals surface area contributed by atoms with Crippen molar-refractivity contribution in [3.8, 4) is 11.4 Å². The third-order valence-corrected chi connectivity index (χ3v) is 7.04. The van der Waals surface area contributed by atoms with Gasteiger partial charge in [0.1, 0.15) is 42.0 Å². The fourth-order valence-electron chi connectivity index (χ4n) is 4.30. The van der Waals surface area contributed by atoms with Gasteiger partial charge < -0.3 is 9.84 Å². The number of rotatable bonds is 8. The van der Waals surface area contributed by atoms with Crippen LogP contribution in [0, 0.1) is 11.6 Å². The van der Waals surface area contributed by atoms with Gasteiger partial charge in [0.15, 0.2) is 0 Å². The van der Waals surface area contributed by atoms with Gasteiger partial charge in [0.05, 0.1) is 28.9 Å². The average Bonchev–Trinajstić information content (AvgIpc) is 3.58. The minimum Gasteiger partial charge on any atom is -0.423 e.